The van der Waals surface area contributed by atoms with Gasteiger partial charge in [-0.15, -0.1) is 4.91 Å². The Morgan fingerprint density at radius 2 is 2.15 bits per heavy atom. The molecule has 1 aromatic carbocycles. The van der Waals surface area contributed by atoms with Crippen LogP contribution in [-0.2, 0) is 4.79 Å². The minimum Gasteiger partial charge on any atom is -0.508 e. The second-order valence-corrected chi connectivity index (χ2v) is 2.44. The van der Waals surface area contributed by atoms with Crippen molar-refractivity contribution in [2.45, 2.75) is 6.04 Å². The molecule has 0 amide bonds. The summed E-state index contributed by atoms with van der Waals surface area (Å²) in [5.41, 5.74) is 0.169. The number of hydrogen-bond acceptors (Lipinski definition) is 4. The molecule has 68 valence electrons. The fraction of sp³-hybridized carbons (Fsp3) is 0.125. The quantitative estimate of drug-likeness (QED) is 0.687. The highest BCUT2D eigenvalue weighted by Crippen LogP contribution is 2.21. The third-order valence-corrected chi connectivity index (χ3v) is 1.53. The predicted molar refractivity (Wildman–Crippen MR) is 44.3 cm³/mol. The van der Waals surface area contributed by atoms with Gasteiger partial charge in [0.05, 0.1) is 0 Å². The second kappa shape index (κ2) is 3.66. The van der Waals surface area contributed by atoms with Gasteiger partial charge in [0.15, 0.2) is 0 Å². The summed E-state index contributed by atoms with van der Waals surface area (Å²) in [6.07, 6.45) is 0. The van der Waals surface area contributed by atoms with Crippen molar-refractivity contribution < 1.29 is 15.0 Å². The summed E-state index contributed by atoms with van der Waals surface area (Å²) >= 11 is 0. The molecule has 0 aliphatic heterocycles. The van der Waals surface area contributed by atoms with Crippen LogP contribution in [0.15, 0.2) is 29.4 Å². The average Bonchev–Trinajstić information content (AvgIpc) is 2.04. The van der Waals surface area contributed by atoms with Gasteiger partial charge >= 0.3 is 5.97 Å². The molecule has 0 aliphatic carbocycles. The molecule has 0 saturated heterocycles. The highest BCUT2D eigenvalue weighted by atomic mass is 16.4. The van der Waals surface area contributed by atoms with Crippen LogP contribution in [0.25, 0.3) is 0 Å². The summed E-state index contributed by atoms with van der Waals surface area (Å²) in [4.78, 5) is 20.6. The molecule has 0 aromatic heterocycles. The monoisotopic (exact) mass is 181 g/mol. The summed E-state index contributed by atoms with van der Waals surface area (Å²) < 4.78 is 0. The van der Waals surface area contributed by atoms with Crippen molar-refractivity contribution in [3.05, 3.63) is 34.7 Å². The van der Waals surface area contributed by atoms with Crippen LogP contribution in [0.4, 0.5) is 0 Å². The largest absolute Gasteiger partial charge is 0.508 e. The van der Waals surface area contributed by atoms with Crippen LogP contribution in [0.5, 0.6) is 5.75 Å². The van der Waals surface area contributed by atoms with Gasteiger partial charge in [-0.2, -0.15) is 0 Å². The standard InChI is InChI=1S/C8H7NO4/c10-6-3-1-2-5(4-6)7(9-13)8(11)12/h1-4,7,10H,(H,11,12). The molecule has 0 spiro atoms. The van der Waals surface area contributed by atoms with E-state index in [2.05, 4.69) is 5.18 Å². The lowest BCUT2D eigenvalue weighted by Crippen LogP contribution is -2.07. The fourth-order valence-electron chi connectivity index (χ4n) is 0.943. The van der Waals surface area contributed by atoms with Crippen molar-refractivity contribution >= 4 is 5.97 Å². The van der Waals surface area contributed by atoms with Crippen molar-refractivity contribution in [2.24, 2.45) is 5.18 Å². The average molecular weight is 181 g/mol. The normalized spacial score (nSPS) is 12.0. The van der Waals surface area contributed by atoms with Crippen molar-refractivity contribution in [1.29, 1.82) is 0 Å². The van der Waals surface area contributed by atoms with E-state index in [1.54, 1.807) is 0 Å². The van der Waals surface area contributed by atoms with Gasteiger partial charge in [0.2, 0.25) is 6.04 Å². The Kier molecular flexibility index (Phi) is 2.59. The highest BCUT2D eigenvalue weighted by Gasteiger charge is 2.20. The van der Waals surface area contributed by atoms with Crippen molar-refractivity contribution in [2.75, 3.05) is 0 Å². The van der Waals surface area contributed by atoms with Crippen LogP contribution < -0.4 is 0 Å². The van der Waals surface area contributed by atoms with Gasteiger partial charge in [-0.3, -0.25) is 0 Å². The maximum absolute atomic E-state index is 10.5. The lowest BCUT2D eigenvalue weighted by atomic mass is 10.1. The number of benzene rings is 1. The minimum atomic E-state index is -1.45. The number of phenols is 1. The van der Waals surface area contributed by atoms with Crippen molar-refractivity contribution in [1.82, 2.24) is 0 Å². The van der Waals surface area contributed by atoms with E-state index >= 15 is 0 Å². The number of aliphatic carboxylic acids is 1. The molecule has 2 N–H and O–H groups in total. The fourth-order valence-corrected chi connectivity index (χ4v) is 0.943. The molecule has 1 unspecified atom stereocenters. The van der Waals surface area contributed by atoms with Gasteiger partial charge in [0, 0.05) is 0 Å². The van der Waals surface area contributed by atoms with Gasteiger partial charge in [-0.25, -0.2) is 4.79 Å². The number of carboxylic acid groups (broad SMARTS) is 1. The van der Waals surface area contributed by atoms with Crippen LogP contribution in [0.3, 0.4) is 0 Å². The molecule has 1 rings (SSSR count). The van der Waals surface area contributed by atoms with Gasteiger partial charge in [0.25, 0.3) is 0 Å². The maximum atomic E-state index is 10.5. The van der Waals surface area contributed by atoms with Crippen LogP contribution in [-0.4, -0.2) is 16.2 Å². The molecule has 1 atom stereocenters. The van der Waals surface area contributed by atoms with Crippen LogP contribution in [0, 0.1) is 4.91 Å². The number of phenolic OH excluding ortho intramolecular Hbond substituents is 1. The molecular formula is C8H7NO4. The molecule has 0 bridgehead atoms. The first-order valence-corrected chi connectivity index (χ1v) is 3.49. The van der Waals surface area contributed by atoms with Crippen LogP contribution in [0.1, 0.15) is 11.6 Å². The Bertz CT molecular complexity index is 337. The van der Waals surface area contributed by atoms with E-state index in [-0.39, 0.29) is 11.3 Å². The molecule has 0 heterocycles. The molecule has 1 aromatic rings. The molecular weight excluding hydrogens is 174 g/mol. The number of aromatic hydroxyl groups is 1. The van der Waals surface area contributed by atoms with E-state index in [0.717, 1.165) is 0 Å². The Labute approximate surface area is 73.6 Å². The van der Waals surface area contributed by atoms with Gasteiger partial charge in [-0.05, 0) is 22.9 Å². The number of nitroso groups, excluding NO2 is 1. The summed E-state index contributed by atoms with van der Waals surface area (Å²) in [6, 6.07) is 3.99. The molecule has 5 nitrogen and oxygen atoms in total. The second-order valence-electron chi connectivity index (χ2n) is 2.44. The van der Waals surface area contributed by atoms with E-state index in [0.29, 0.717) is 0 Å². The van der Waals surface area contributed by atoms with E-state index < -0.39 is 12.0 Å². The first-order valence-electron chi connectivity index (χ1n) is 3.49. The zero-order chi connectivity index (χ0) is 9.84. The number of rotatable bonds is 3. The third kappa shape index (κ3) is 2.02. The maximum Gasteiger partial charge on any atom is 0.336 e. The lowest BCUT2D eigenvalue weighted by Gasteiger charge is -2.03. The van der Waals surface area contributed by atoms with E-state index in [9.17, 15) is 9.70 Å². The third-order valence-electron chi connectivity index (χ3n) is 1.53. The topological polar surface area (TPSA) is 87.0 Å². The van der Waals surface area contributed by atoms with Crippen molar-refractivity contribution in [3.8, 4) is 5.75 Å². The summed E-state index contributed by atoms with van der Waals surface area (Å²) in [5.74, 6) is -1.42. The Morgan fingerprint density at radius 3 is 2.62 bits per heavy atom. The zero-order valence-corrected chi connectivity index (χ0v) is 6.54. The van der Waals surface area contributed by atoms with Crippen molar-refractivity contribution in [3.63, 3.8) is 0 Å². The first kappa shape index (κ1) is 9.18. The Morgan fingerprint density at radius 1 is 1.46 bits per heavy atom. The summed E-state index contributed by atoms with van der Waals surface area (Å²) in [6.45, 7) is 0. The molecule has 0 fully saturated rings. The van der Waals surface area contributed by atoms with Gasteiger partial charge < -0.3 is 10.2 Å². The molecule has 0 aliphatic rings. The van der Waals surface area contributed by atoms with Gasteiger partial charge in [-0.1, -0.05) is 12.1 Å². The number of carboxylic acids is 1. The first-order chi connectivity index (χ1) is 6.15. The zero-order valence-electron chi connectivity index (χ0n) is 6.54. The molecule has 13 heavy (non-hydrogen) atoms. The number of hydrogen-bond donors (Lipinski definition) is 2. The highest BCUT2D eigenvalue weighted by molar-refractivity contribution is 5.75. The van der Waals surface area contributed by atoms with E-state index in [1.807, 2.05) is 0 Å². The van der Waals surface area contributed by atoms with E-state index in [1.165, 1.54) is 24.3 Å². The van der Waals surface area contributed by atoms with Gasteiger partial charge in [0.1, 0.15) is 5.75 Å². The smallest absolute Gasteiger partial charge is 0.336 e. The Hall–Kier alpha value is -1.91. The molecule has 0 saturated carbocycles. The lowest BCUT2D eigenvalue weighted by molar-refractivity contribution is -0.138. The van der Waals surface area contributed by atoms with Crippen LogP contribution in [0.2, 0.25) is 0 Å². The SMILES string of the molecule is O=NC(C(=O)O)c1cccc(O)c1. The number of carbonyl (C=O) groups is 1. The predicted octanol–water partition coefficient (Wildman–Crippen LogP) is 1.28. The molecule has 0 radical (unpaired) electrons. The molecule has 5 heteroatoms. The van der Waals surface area contributed by atoms with Crippen LogP contribution >= 0.6 is 0 Å². The summed E-state index contributed by atoms with van der Waals surface area (Å²) in [5, 5.41) is 20.0. The minimum absolute atomic E-state index is 0.0904. The summed E-state index contributed by atoms with van der Waals surface area (Å²) in [7, 11) is 0. The van der Waals surface area contributed by atoms with E-state index in [4.69, 9.17) is 10.2 Å². The number of nitrogens with zero attached hydrogens (tertiary/aromatic N) is 1. The Balaban J connectivity index is 3.04.